The summed E-state index contributed by atoms with van der Waals surface area (Å²) >= 11 is 0. The first-order valence-electron chi connectivity index (χ1n) is 8.40. The molecule has 0 spiro atoms. The maximum Gasteiger partial charge on any atom is 0.326 e. The second-order valence-electron chi connectivity index (χ2n) is 6.45. The van der Waals surface area contributed by atoms with Gasteiger partial charge in [0.05, 0.1) is 6.33 Å². The number of hydrogen-bond donors (Lipinski definition) is 6. The van der Waals surface area contributed by atoms with Crippen LogP contribution >= 0.6 is 0 Å². The van der Waals surface area contributed by atoms with Gasteiger partial charge >= 0.3 is 11.9 Å². The number of hydrogen-bond acceptors (Lipinski definition) is 6. The van der Waals surface area contributed by atoms with E-state index >= 15 is 0 Å². The molecule has 1 rings (SSSR count). The van der Waals surface area contributed by atoms with Crippen molar-refractivity contribution in [3.63, 3.8) is 0 Å². The Bertz CT molecular complexity index is 660. The number of carbonyl (C=O) groups excluding carboxylic acids is 2. The van der Waals surface area contributed by atoms with Crippen molar-refractivity contribution in [2.75, 3.05) is 0 Å². The lowest BCUT2D eigenvalue weighted by molar-refractivity contribution is -0.142. The van der Waals surface area contributed by atoms with Crippen LogP contribution in [-0.2, 0) is 25.6 Å². The van der Waals surface area contributed by atoms with Crippen molar-refractivity contribution in [3.8, 4) is 0 Å². The van der Waals surface area contributed by atoms with Gasteiger partial charge < -0.3 is 31.6 Å². The van der Waals surface area contributed by atoms with E-state index in [2.05, 4.69) is 20.6 Å². The Morgan fingerprint density at radius 1 is 1.19 bits per heavy atom. The summed E-state index contributed by atoms with van der Waals surface area (Å²) in [7, 11) is 0. The van der Waals surface area contributed by atoms with Crippen LogP contribution < -0.4 is 16.4 Å². The van der Waals surface area contributed by atoms with E-state index in [0.717, 1.165) is 0 Å². The maximum absolute atomic E-state index is 12.5. The summed E-state index contributed by atoms with van der Waals surface area (Å²) in [6.45, 7) is 3.39. The van der Waals surface area contributed by atoms with Gasteiger partial charge in [-0.05, 0) is 12.3 Å². The average Bonchev–Trinajstić information content (AvgIpc) is 3.09. The van der Waals surface area contributed by atoms with Crippen LogP contribution in [-0.4, -0.2) is 62.1 Å². The third-order valence-corrected chi connectivity index (χ3v) is 3.86. The smallest absolute Gasteiger partial charge is 0.326 e. The van der Waals surface area contributed by atoms with Gasteiger partial charge in [0.2, 0.25) is 11.8 Å². The van der Waals surface area contributed by atoms with Gasteiger partial charge in [0.25, 0.3) is 0 Å². The highest BCUT2D eigenvalue weighted by atomic mass is 16.4. The molecule has 0 unspecified atom stereocenters. The number of nitrogens with zero attached hydrogens (tertiary/aromatic N) is 1. The summed E-state index contributed by atoms with van der Waals surface area (Å²) in [6.07, 6.45) is 2.61. The van der Waals surface area contributed by atoms with Crippen molar-refractivity contribution in [3.05, 3.63) is 18.2 Å². The minimum Gasteiger partial charge on any atom is -0.480 e. The maximum atomic E-state index is 12.5. The standard InChI is InChI=1S/C16H25N5O6/c1-8(2)13(21-12(22)4-3-10(17)15(24)25)14(23)20-11(16(26)27)5-9-6-18-7-19-9/h6-8,10-11,13H,3-5,17H2,1-2H3,(H,18,19)(H,20,23)(H,21,22)(H,24,25)(H,26,27)/t10-,11-,13-/m0/s1. The van der Waals surface area contributed by atoms with Crippen molar-refractivity contribution < 1.29 is 29.4 Å². The third-order valence-electron chi connectivity index (χ3n) is 3.86. The zero-order valence-electron chi connectivity index (χ0n) is 15.1. The molecule has 7 N–H and O–H groups in total. The molecule has 1 heterocycles. The number of carbonyl (C=O) groups is 4. The summed E-state index contributed by atoms with van der Waals surface area (Å²) in [6, 6.07) is -3.34. The Hall–Kier alpha value is -2.95. The minimum absolute atomic E-state index is 0.00724. The van der Waals surface area contributed by atoms with E-state index in [1.165, 1.54) is 12.5 Å². The summed E-state index contributed by atoms with van der Waals surface area (Å²) in [5, 5.41) is 22.9. The molecule has 11 heteroatoms. The molecule has 27 heavy (non-hydrogen) atoms. The molecule has 0 radical (unpaired) electrons. The number of aromatic nitrogens is 2. The van der Waals surface area contributed by atoms with Crippen LogP contribution in [0.3, 0.4) is 0 Å². The largest absolute Gasteiger partial charge is 0.480 e. The van der Waals surface area contributed by atoms with Crippen molar-refractivity contribution in [1.29, 1.82) is 0 Å². The van der Waals surface area contributed by atoms with Crippen LogP contribution in [0.15, 0.2) is 12.5 Å². The normalized spacial score (nSPS) is 14.2. The van der Waals surface area contributed by atoms with Gasteiger partial charge in [0.1, 0.15) is 18.1 Å². The van der Waals surface area contributed by atoms with Gasteiger partial charge in [0.15, 0.2) is 0 Å². The zero-order chi connectivity index (χ0) is 20.6. The molecule has 0 saturated carbocycles. The molecule has 0 fully saturated rings. The second kappa shape index (κ2) is 10.3. The molecule has 150 valence electrons. The van der Waals surface area contributed by atoms with Gasteiger partial charge in [-0.15, -0.1) is 0 Å². The van der Waals surface area contributed by atoms with Crippen molar-refractivity contribution >= 4 is 23.8 Å². The highest BCUT2D eigenvalue weighted by Gasteiger charge is 2.29. The molecule has 0 aromatic carbocycles. The zero-order valence-corrected chi connectivity index (χ0v) is 15.1. The molecule has 0 bridgehead atoms. The van der Waals surface area contributed by atoms with Gasteiger partial charge in [-0.3, -0.25) is 14.4 Å². The third kappa shape index (κ3) is 7.44. The highest BCUT2D eigenvalue weighted by molar-refractivity contribution is 5.90. The molecule has 11 nitrogen and oxygen atoms in total. The van der Waals surface area contributed by atoms with E-state index in [4.69, 9.17) is 10.8 Å². The van der Waals surface area contributed by atoms with E-state index < -0.39 is 41.9 Å². The van der Waals surface area contributed by atoms with E-state index in [1.54, 1.807) is 13.8 Å². The Balaban J connectivity index is 2.68. The molecule has 1 aromatic rings. The number of nitrogens with two attached hydrogens (primary N) is 1. The van der Waals surface area contributed by atoms with Gasteiger partial charge in [-0.1, -0.05) is 13.8 Å². The molecule has 3 atom stereocenters. The van der Waals surface area contributed by atoms with Crippen LogP contribution in [0.25, 0.3) is 0 Å². The number of H-pyrrole nitrogens is 1. The first-order chi connectivity index (χ1) is 12.6. The predicted molar refractivity (Wildman–Crippen MR) is 93.5 cm³/mol. The molecule has 1 aromatic heterocycles. The summed E-state index contributed by atoms with van der Waals surface area (Å²) < 4.78 is 0. The van der Waals surface area contributed by atoms with Crippen LogP contribution in [0.1, 0.15) is 32.4 Å². The van der Waals surface area contributed by atoms with E-state index in [9.17, 15) is 24.3 Å². The number of aliphatic carboxylic acids is 2. The Morgan fingerprint density at radius 2 is 1.85 bits per heavy atom. The lowest BCUT2D eigenvalue weighted by atomic mass is 10.0. The van der Waals surface area contributed by atoms with Crippen molar-refractivity contribution in [2.45, 2.75) is 51.2 Å². The lowest BCUT2D eigenvalue weighted by Gasteiger charge is -2.24. The predicted octanol–water partition coefficient (Wildman–Crippen LogP) is -1.15. The monoisotopic (exact) mass is 383 g/mol. The second-order valence-corrected chi connectivity index (χ2v) is 6.45. The molecular weight excluding hydrogens is 358 g/mol. The van der Waals surface area contributed by atoms with E-state index in [1.807, 2.05) is 0 Å². The summed E-state index contributed by atoms with van der Waals surface area (Å²) in [5.41, 5.74) is 5.88. The Labute approximate surface area is 155 Å². The molecule has 0 aliphatic carbocycles. The minimum atomic E-state index is -1.22. The fraction of sp³-hybridized carbons (Fsp3) is 0.562. The molecule has 0 aliphatic rings. The Kier molecular flexibility index (Phi) is 8.39. The number of rotatable bonds is 11. The lowest BCUT2D eigenvalue weighted by Crippen LogP contribution is -2.54. The van der Waals surface area contributed by atoms with Gasteiger partial charge in [-0.25, -0.2) is 9.78 Å². The average molecular weight is 383 g/mol. The topological polar surface area (TPSA) is 188 Å². The summed E-state index contributed by atoms with van der Waals surface area (Å²) in [4.78, 5) is 53.1. The molecule has 2 amide bonds. The number of carboxylic acid groups (broad SMARTS) is 2. The highest BCUT2D eigenvalue weighted by Crippen LogP contribution is 2.06. The molecule has 0 saturated heterocycles. The number of imidazole rings is 1. The fourth-order valence-corrected chi connectivity index (χ4v) is 2.27. The number of carboxylic acids is 2. The first kappa shape index (κ1) is 22.1. The SMILES string of the molecule is CC(C)[C@H](NC(=O)CC[C@H](N)C(=O)O)C(=O)N[C@@H](Cc1cnc[nH]1)C(=O)O. The molecule has 0 aliphatic heterocycles. The van der Waals surface area contributed by atoms with Crippen LogP contribution in [0.5, 0.6) is 0 Å². The van der Waals surface area contributed by atoms with Crippen LogP contribution in [0.2, 0.25) is 0 Å². The van der Waals surface area contributed by atoms with E-state index in [0.29, 0.717) is 5.69 Å². The quantitative estimate of drug-likeness (QED) is 0.276. The number of nitrogens with one attached hydrogen (secondary N) is 3. The van der Waals surface area contributed by atoms with Crippen LogP contribution in [0.4, 0.5) is 0 Å². The number of amides is 2. The Morgan fingerprint density at radius 3 is 2.33 bits per heavy atom. The van der Waals surface area contributed by atoms with Crippen molar-refractivity contribution in [2.24, 2.45) is 11.7 Å². The summed E-state index contributed by atoms with van der Waals surface area (Å²) in [5.74, 6) is -3.94. The number of aromatic amines is 1. The first-order valence-corrected chi connectivity index (χ1v) is 8.40. The van der Waals surface area contributed by atoms with Gasteiger partial charge in [0, 0.05) is 24.7 Å². The van der Waals surface area contributed by atoms with E-state index in [-0.39, 0.29) is 25.2 Å². The van der Waals surface area contributed by atoms with Crippen molar-refractivity contribution in [1.82, 2.24) is 20.6 Å². The molecular formula is C16H25N5O6. The van der Waals surface area contributed by atoms with Crippen LogP contribution in [0, 0.1) is 5.92 Å². The van der Waals surface area contributed by atoms with Gasteiger partial charge in [-0.2, -0.15) is 0 Å². The fourth-order valence-electron chi connectivity index (χ4n) is 2.27.